The molecule has 5 nitrogen and oxygen atoms in total. The van der Waals surface area contributed by atoms with Gasteiger partial charge in [-0.25, -0.2) is 4.98 Å². The fourth-order valence-electron chi connectivity index (χ4n) is 1.90. The van der Waals surface area contributed by atoms with Gasteiger partial charge < -0.3 is 16.0 Å². The number of carbonyl (C=O) groups excluding carboxylic acids is 1. The molecule has 1 amide bonds. The highest BCUT2D eigenvalue weighted by molar-refractivity contribution is 6.33. The molecule has 22 heavy (non-hydrogen) atoms. The number of amides is 1. The molecule has 1 aromatic heterocycles. The van der Waals surface area contributed by atoms with Gasteiger partial charge in [-0.15, -0.1) is 0 Å². The van der Waals surface area contributed by atoms with Gasteiger partial charge in [0.2, 0.25) is 5.91 Å². The number of anilines is 3. The largest absolute Gasteiger partial charge is 0.372 e. The third-order valence-electron chi connectivity index (χ3n) is 3.42. The zero-order valence-corrected chi connectivity index (χ0v) is 13.6. The van der Waals surface area contributed by atoms with E-state index in [0.29, 0.717) is 16.9 Å². The molecule has 3 N–H and O–H groups in total. The van der Waals surface area contributed by atoms with Gasteiger partial charge >= 0.3 is 0 Å². The lowest BCUT2D eigenvalue weighted by atomic mass is 10.2. The van der Waals surface area contributed by atoms with Crippen molar-refractivity contribution >= 4 is 34.7 Å². The highest BCUT2D eigenvalue weighted by atomic mass is 35.5. The second kappa shape index (κ2) is 6.66. The van der Waals surface area contributed by atoms with Gasteiger partial charge in [0.15, 0.2) is 0 Å². The Morgan fingerprint density at radius 3 is 2.68 bits per heavy atom. The summed E-state index contributed by atoms with van der Waals surface area (Å²) in [6.45, 7) is 4.25. The monoisotopic (exact) mass is 318 g/mol. The number of halogens is 1. The predicted octanol–water partition coefficient (Wildman–Crippen LogP) is 3.42. The molecule has 0 atom stereocenters. The van der Waals surface area contributed by atoms with Crippen LogP contribution in [0, 0.1) is 0 Å². The van der Waals surface area contributed by atoms with E-state index in [1.807, 2.05) is 31.3 Å². The second-order valence-corrected chi connectivity index (χ2v) is 5.71. The molecule has 116 valence electrons. The first-order valence-electron chi connectivity index (χ1n) is 6.93. The Morgan fingerprint density at radius 2 is 2.09 bits per heavy atom. The number of primary amides is 1. The van der Waals surface area contributed by atoms with Gasteiger partial charge in [-0.1, -0.05) is 17.7 Å². The van der Waals surface area contributed by atoms with E-state index in [4.69, 9.17) is 17.3 Å². The van der Waals surface area contributed by atoms with Crippen LogP contribution in [0.1, 0.15) is 24.2 Å². The molecular weight excluding hydrogens is 300 g/mol. The Bertz CT molecular complexity index is 688. The maximum Gasteiger partial charge on any atom is 0.250 e. The lowest BCUT2D eigenvalue weighted by Crippen LogP contribution is -2.25. The van der Waals surface area contributed by atoms with Gasteiger partial charge in [-0.05, 0) is 38.1 Å². The van der Waals surface area contributed by atoms with E-state index < -0.39 is 5.91 Å². The number of hydrogen-bond donors (Lipinski definition) is 2. The molecule has 2 aromatic rings. The van der Waals surface area contributed by atoms with Crippen LogP contribution in [0.3, 0.4) is 0 Å². The fourth-order valence-corrected chi connectivity index (χ4v) is 2.12. The third-order valence-corrected chi connectivity index (χ3v) is 3.70. The number of rotatable bonds is 5. The molecule has 0 bridgehead atoms. The first-order chi connectivity index (χ1) is 10.4. The number of pyridine rings is 1. The molecule has 0 radical (unpaired) electrons. The van der Waals surface area contributed by atoms with Crippen molar-refractivity contribution in [3.63, 3.8) is 0 Å². The zero-order chi connectivity index (χ0) is 16.3. The normalized spacial score (nSPS) is 10.6. The van der Waals surface area contributed by atoms with E-state index >= 15 is 0 Å². The highest BCUT2D eigenvalue weighted by Crippen LogP contribution is 2.26. The number of nitrogens with two attached hydrogens (primary N) is 1. The predicted molar refractivity (Wildman–Crippen MR) is 91.0 cm³/mol. The summed E-state index contributed by atoms with van der Waals surface area (Å²) in [6.07, 6.45) is 1.40. The summed E-state index contributed by atoms with van der Waals surface area (Å²) in [5.41, 5.74) is 7.44. The smallest absolute Gasteiger partial charge is 0.250 e. The lowest BCUT2D eigenvalue weighted by molar-refractivity contribution is 0.1000. The van der Waals surface area contributed by atoms with Crippen molar-refractivity contribution in [2.45, 2.75) is 19.9 Å². The maximum atomic E-state index is 11.1. The van der Waals surface area contributed by atoms with Crippen molar-refractivity contribution in [1.82, 2.24) is 4.98 Å². The quantitative estimate of drug-likeness (QED) is 0.886. The summed E-state index contributed by atoms with van der Waals surface area (Å²) >= 11 is 6.13. The SMILES string of the molecule is CC(C)N(C)c1cccc(Nc2ncc(C(N)=O)cc2Cl)c1. The van der Waals surface area contributed by atoms with E-state index in [9.17, 15) is 4.79 Å². The topological polar surface area (TPSA) is 71.2 Å². The average Bonchev–Trinajstić information content (AvgIpc) is 2.48. The summed E-state index contributed by atoms with van der Waals surface area (Å²) in [4.78, 5) is 17.4. The fraction of sp³-hybridized carbons (Fsp3) is 0.250. The molecule has 0 aliphatic carbocycles. The summed E-state index contributed by atoms with van der Waals surface area (Å²) in [7, 11) is 2.04. The molecule has 0 aliphatic heterocycles. The van der Waals surface area contributed by atoms with Crippen LogP contribution in [-0.2, 0) is 0 Å². The number of carbonyl (C=O) groups is 1. The number of benzene rings is 1. The van der Waals surface area contributed by atoms with Crippen molar-refractivity contribution in [2.24, 2.45) is 5.73 Å². The molecule has 0 aliphatic rings. The molecular formula is C16H19ClN4O. The van der Waals surface area contributed by atoms with Gasteiger partial charge in [0, 0.05) is 30.7 Å². The second-order valence-electron chi connectivity index (χ2n) is 5.30. The first kappa shape index (κ1) is 16.1. The van der Waals surface area contributed by atoms with Crippen molar-refractivity contribution < 1.29 is 4.79 Å². The van der Waals surface area contributed by atoms with Crippen LogP contribution < -0.4 is 16.0 Å². The lowest BCUT2D eigenvalue weighted by Gasteiger charge is -2.24. The van der Waals surface area contributed by atoms with Gasteiger partial charge in [-0.3, -0.25) is 4.79 Å². The summed E-state index contributed by atoms with van der Waals surface area (Å²) in [5.74, 6) is -0.0717. The third kappa shape index (κ3) is 3.68. The Balaban J connectivity index is 2.24. The minimum Gasteiger partial charge on any atom is -0.372 e. The van der Waals surface area contributed by atoms with Crippen molar-refractivity contribution in [3.05, 3.63) is 47.1 Å². The van der Waals surface area contributed by atoms with Gasteiger partial charge in [0.25, 0.3) is 0 Å². The minimum absolute atomic E-state index is 0.281. The van der Waals surface area contributed by atoms with Crippen LogP contribution in [0.15, 0.2) is 36.5 Å². The van der Waals surface area contributed by atoms with Crippen molar-refractivity contribution in [1.29, 1.82) is 0 Å². The molecule has 0 fully saturated rings. The summed E-state index contributed by atoms with van der Waals surface area (Å²) in [5, 5.41) is 3.50. The van der Waals surface area contributed by atoms with Crippen molar-refractivity contribution in [3.8, 4) is 0 Å². The standard InChI is InChI=1S/C16H19ClN4O/c1-10(2)21(3)13-6-4-5-12(8-13)20-16-14(17)7-11(9-19-16)15(18)22/h4-10H,1-3H3,(H2,18,22)(H,19,20). The van der Waals surface area contributed by atoms with Crippen LogP contribution in [-0.4, -0.2) is 24.0 Å². The Hall–Kier alpha value is -2.27. The van der Waals surface area contributed by atoms with Crippen LogP contribution in [0.25, 0.3) is 0 Å². The van der Waals surface area contributed by atoms with Crippen molar-refractivity contribution in [2.75, 3.05) is 17.3 Å². The van der Waals surface area contributed by atoms with Crippen LogP contribution in [0.4, 0.5) is 17.2 Å². The molecule has 2 rings (SSSR count). The highest BCUT2D eigenvalue weighted by Gasteiger charge is 2.09. The van der Waals surface area contributed by atoms with E-state index in [1.54, 1.807) is 0 Å². The maximum absolute atomic E-state index is 11.1. The van der Waals surface area contributed by atoms with Crippen LogP contribution in [0.5, 0.6) is 0 Å². The molecule has 6 heteroatoms. The first-order valence-corrected chi connectivity index (χ1v) is 7.31. The zero-order valence-electron chi connectivity index (χ0n) is 12.8. The van der Waals surface area contributed by atoms with E-state index in [2.05, 4.69) is 29.0 Å². The Morgan fingerprint density at radius 1 is 1.36 bits per heavy atom. The molecule has 0 saturated heterocycles. The molecule has 0 unspecified atom stereocenters. The van der Waals surface area contributed by atoms with Gasteiger partial charge in [0.05, 0.1) is 10.6 Å². The minimum atomic E-state index is -0.554. The number of nitrogens with one attached hydrogen (secondary N) is 1. The summed E-state index contributed by atoms with van der Waals surface area (Å²) < 4.78 is 0. The summed E-state index contributed by atoms with van der Waals surface area (Å²) in [6, 6.07) is 9.84. The molecule has 0 spiro atoms. The molecule has 1 aromatic carbocycles. The molecule has 0 saturated carbocycles. The van der Waals surface area contributed by atoms with Crippen LogP contribution in [0.2, 0.25) is 5.02 Å². The number of hydrogen-bond acceptors (Lipinski definition) is 4. The van der Waals surface area contributed by atoms with E-state index in [0.717, 1.165) is 11.4 Å². The number of nitrogens with zero attached hydrogens (tertiary/aromatic N) is 2. The van der Waals surface area contributed by atoms with E-state index in [-0.39, 0.29) is 5.56 Å². The Kier molecular flexibility index (Phi) is 4.88. The van der Waals surface area contributed by atoms with E-state index in [1.165, 1.54) is 12.3 Å². The molecule has 1 heterocycles. The van der Waals surface area contributed by atoms with Gasteiger partial charge in [0.1, 0.15) is 5.82 Å². The number of aromatic nitrogens is 1. The average molecular weight is 319 g/mol. The Labute approximate surface area is 135 Å². The van der Waals surface area contributed by atoms with Crippen LogP contribution >= 0.6 is 11.6 Å². The van der Waals surface area contributed by atoms with Gasteiger partial charge in [-0.2, -0.15) is 0 Å².